The fourth-order valence-corrected chi connectivity index (χ4v) is 2.50. The second-order valence-corrected chi connectivity index (χ2v) is 6.58. The molecule has 0 spiro atoms. The van der Waals surface area contributed by atoms with Gasteiger partial charge in [-0.3, -0.25) is 0 Å². The normalized spacial score (nSPS) is 11.6. The van der Waals surface area contributed by atoms with Gasteiger partial charge in [-0.05, 0) is 17.0 Å². The van der Waals surface area contributed by atoms with Crippen LogP contribution in [-0.4, -0.2) is 35.0 Å². The highest BCUT2D eigenvalue weighted by atomic mass is 16.6. The molecular weight excluding hydrogens is 360 g/mol. The summed E-state index contributed by atoms with van der Waals surface area (Å²) in [5.41, 5.74) is 4.02. The number of carbonyl (C=O) groups excluding carboxylic acids is 2. The predicted molar refractivity (Wildman–Crippen MR) is 104 cm³/mol. The number of rotatable bonds is 7. The van der Waals surface area contributed by atoms with Crippen molar-refractivity contribution in [2.75, 3.05) is 6.61 Å². The maximum atomic E-state index is 12.6. The molecular formula is C21H26N2O5. The van der Waals surface area contributed by atoms with Gasteiger partial charge in [-0.1, -0.05) is 74.5 Å². The number of nitrogens with zero attached hydrogens (tertiary/aromatic N) is 1. The van der Waals surface area contributed by atoms with Crippen LogP contribution in [0.5, 0.6) is 0 Å². The first-order valence-electron chi connectivity index (χ1n) is 9.09. The third-order valence-corrected chi connectivity index (χ3v) is 4.11. The minimum Gasteiger partial charge on any atom is -0.443 e. The van der Waals surface area contributed by atoms with Gasteiger partial charge < -0.3 is 14.6 Å². The van der Waals surface area contributed by atoms with E-state index in [1.807, 2.05) is 74.5 Å². The number of ether oxygens (including phenoxy) is 2. The van der Waals surface area contributed by atoms with Crippen LogP contribution in [0.3, 0.4) is 0 Å². The van der Waals surface area contributed by atoms with E-state index in [0.717, 1.165) is 16.1 Å². The minimum absolute atomic E-state index is 0.0488. The van der Waals surface area contributed by atoms with Crippen LogP contribution in [0.25, 0.3) is 0 Å². The summed E-state index contributed by atoms with van der Waals surface area (Å²) in [6.07, 6.45) is -1.58. The Morgan fingerprint density at radius 1 is 0.929 bits per heavy atom. The number of carbonyl (C=O) groups is 2. The molecule has 0 saturated heterocycles. The Bertz CT molecular complexity index is 737. The fourth-order valence-electron chi connectivity index (χ4n) is 2.50. The lowest BCUT2D eigenvalue weighted by atomic mass is 10.1. The monoisotopic (exact) mass is 386 g/mol. The highest BCUT2D eigenvalue weighted by Gasteiger charge is 2.29. The van der Waals surface area contributed by atoms with E-state index in [2.05, 4.69) is 5.43 Å². The first-order valence-corrected chi connectivity index (χ1v) is 9.09. The minimum atomic E-state index is -0.806. The Hall–Kier alpha value is -3.06. The molecule has 150 valence electrons. The van der Waals surface area contributed by atoms with Crippen LogP contribution in [0.4, 0.5) is 9.59 Å². The van der Waals surface area contributed by atoms with Gasteiger partial charge in [0.05, 0.1) is 12.6 Å². The average molecular weight is 386 g/mol. The maximum Gasteiger partial charge on any atom is 0.429 e. The summed E-state index contributed by atoms with van der Waals surface area (Å²) in [6.45, 7) is 3.43. The summed E-state index contributed by atoms with van der Waals surface area (Å²) in [5, 5.41) is 10.7. The summed E-state index contributed by atoms with van der Waals surface area (Å²) in [4.78, 5) is 24.7. The van der Waals surface area contributed by atoms with Crippen LogP contribution in [-0.2, 0) is 22.7 Å². The number of nitrogens with one attached hydrogen (secondary N) is 1. The van der Waals surface area contributed by atoms with Crippen molar-refractivity contribution in [2.45, 2.75) is 33.1 Å². The predicted octanol–water partition coefficient (Wildman–Crippen LogP) is 3.48. The van der Waals surface area contributed by atoms with Gasteiger partial charge in [0.25, 0.3) is 0 Å². The molecule has 7 nitrogen and oxygen atoms in total. The molecule has 0 aliphatic carbocycles. The van der Waals surface area contributed by atoms with Crippen LogP contribution in [0.2, 0.25) is 0 Å². The van der Waals surface area contributed by atoms with Gasteiger partial charge in [-0.25, -0.2) is 20.0 Å². The van der Waals surface area contributed by atoms with Gasteiger partial charge >= 0.3 is 12.2 Å². The Morgan fingerprint density at radius 3 is 1.89 bits per heavy atom. The molecule has 0 aliphatic heterocycles. The number of hydrogen-bond acceptors (Lipinski definition) is 5. The number of aliphatic hydroxyl groups is 1. The van der Waals surface area contributed by atoms with E-state index in [-0.39, 0.29) is 25.7 Å². The lowest BCUT2D eigenvalue weighted by Crippen LogP contribution is -2.55. The summed E-state index contributed by atoms with van der Waals surface area (Å²) in [5.74, 6) is -0.122. The van der Waals surface area contributed by atoms with Gasteiger partial charge in [0.2, 0.25) is 0 Å². The van der Waals surface area contributed by atoms with Gasteiger partial charge in [0.1, 0.15) is 13.2 Å². The SMILES string of the molecule is CC(C)[C@H](CO)N(NC(=O)OCc1ccccc1)C(=O)OCc1ccccc1. The molecule has 0 aliphatic rings. The van der Waals surface area contributed by atoms with Crippen LogP contribution in [0.1, 0.15) is 25.0 Å². The van der Waals surface area contributed by atoms with Crippen molar-refractivity contribution in [1.82, 2.24) is 10.4 Å². The van der Waals surface area contributed by atoms with Crippen molar-refractivity contribution in [3.8, 4) is 0 Å². The number of amides is 2. The van der Waals surface area contributed by atoms with E-state index in [1.165, 1.54) is 0 Å². The molecule has 0 bridgehead atoms. The van der Waals surface area contributed by atoms with Crippen LogP contribution in [0, 0.1) is 5.92 Å². The van der Waals surface area contributed by atoms with E-state index in [9.17, 15) is 14.7 Å². The Balaban J connectivity index is 1.99. The van der Waals surface area contributed by atoms with Crippen molar-refractivity contribution in [2.24, 2.45) is 5.92 Å². The second-order valence-electron chi connectivity index (χ2n) is 6.58. The third kappa shape index (κ3) is 6.59. The molecule has 2 aromatic rings. The van der Waals surface area contributed by atoms with Gasteiger partial charge in [-0.2, -0.15) is 0 Å². The highest BCUT2D eigenvalue weighted by Crippen LogP contribution is 2.12. The summed E-state index contributed by atoms with van der Waals surface area (Å²) in [7, 11) is 0. The molecule has 2 amide bonds. The van der Waals surface area contributed by atoms with Crippen molar-refractivity contribution in [1.29, 1.82) is 0 Å². The van der Waals surface area contributed by atoms with Crippen molar-refractivity contribution in [3.63, 3.8) is 0 Å². The van der Waals surface area contributed by atoms with Crippen LogP contribution < -0.4 is 5.43 Å². The summed E-state index contributed by atoms with van der Waals surface area (Å²) in [6, 6.07) is 17.7. The van der Waals surface area contributed by atoms with Gasteiger partial charge in [-0.15, -0.1) is 0 Å². The van der Waals surface area contributed by atoms with Crippen molar-refractivity contribution >= 4 is 12.2 Å². The van der Waals surface area contributed by atoms with Gasteiger partial charge in [0.15, 0.2) is 0 Å². The number of hydrogen-bond donors (Lipinski definition) is 2. The zero-order chi connectivity index (χ0) is 20.4. The lowest BCUT2D eigenvalue weighted by Gasteiger charge is -2.31. The molecule has 0 aromatic heterocycles. The molecule has 1 atom stereocenters. The topological polar surface area (TPSA) is 88.1 Å². The molecule has 0 saturated carbocycles. The molecule has 2 N–H and O–H groups in total. The summed E-state index contributed by atoms with van der Waals surface area (Å²) >= 11 is 0. The molecule has 0 radical (unpaired) electrons. The standard InChI is InChI=1S/C21H26N2O5/c1-16(2)19(13-24)23(21(26)28-15-18-11-7-4-8-12-18)22-20(25)27-14-17-9-5-3-6-10-17/h3-12,16,19,24H,13-15H2,1-2H3,(H,22,25)/t19-/m0/s1. The Morgan fingerprint density at radius 2 is 1.43 bits per heavy atom. The van der Waals surface area contributed by atoms with Crippen molar-refractivity contribution in [3.05, 3.63) is 71.8 Å². The van der Waals surface area contributed by atoms with E-state index >= 15 is 0 Å². The molecule has 0 unspecified atom stereocenters. The van der Waals surface area contributed by atoms with Crippen LogP contribution >= 0.6 is 0 Å². The average Bonchev–Trinajstić information content (AvgIpc) is 2.71. The Kier molecular flexibility index (Phi) is 8.30. The summed E-state index contributed by atoms with van der Waals surface area (Å²) < 4.78 is 10.5. The van der Waals surface area contributed by atoms with Crippen molar-refractivity contribution < 1.29 is 24.2 Å². The quantitative estimate of drug-likeness (QED) is 0.711. The number of aliphatic hydroxyl groups excluding tert-OH is 1. The largest absolute Gasteiger partial charge is 0.443 e. The Labute approximate surface area is 164 Å². The molecule has 7 heteroatoms. The van der Waals surface area contributed by atoms with E-state index in [4.69, 9.17) is 9.47 Å². The molecule has 0 fully saturated rings. The number of benzene rings is 2. The zero-order valence-corrected chi connectivity index (χ0v) is 16.1. The molecule has 0 heterocycles. The molecule has 2 rings (SSSR count). The second kappa shape index (κ2) is 10.9. The van der Waals surface area contributed by atoms with E-state index in [0.29, 0.717) is 0 Å². The van der Waals surface area contributed by atoms with Crippen LogP contribution in [0.15, 0.2) is 60.7 Å². The first-order chi connectivity index (χ1) is 13.5. The van der Waals surface area contributed by atoms with E-state index < -0.39 is 18.2 Å². The fraction of sp³-hybridized carbons (Fsp3) is 0.333. The first kappa shape index (κ1) is 21.2. The molecule has 2 aromatic carbocycles. The van der Waals surface area contributed by atoms with Gasteiger partial charge in [0, 0.05) is 0 Å². The third-order valence-electron chi connectivity index (χ3n) is 4.11. The smallest absolute Gasteiger partial charge is 0.429 e. The maximum absolute atomic E-state index is 12.6. The highest BCUT2D eigenvalue weighted by molar-refractivity contribution is 5.74. The molecule has 28 heavy (non-hydrogen) atoms. The zero-order valence-electron chi connectivity index (χ0n) is 16.1. The number of hydrazine groups is 1. The van der Waals surface area contributed by atoms with E-state index in [1.54, 1.807) is 0 Å². The lowest BCUT2D eigenvalue weighted by molar-refractivity contribution is 0.0197.